The average molecular weight is 384 g/mol. The fourth-order valence-corrected chi connectivity index (χ4v) is 4.35. The van der Waals surface area contributed by atoms with Crippen molar-refractivity contribution in [3.63, 3.8) is 0 Å². The third-order valence-corrected chi connectivity index (χ3v) is 6.03. The minimum Gasteiger partial charge on any atom is -0.352 e. The van der Waals surface area contributed by atoms with Crippen molar-refractivity contribution in [2.75, 3.05) is 26.2 Å². The van der Waals surface area contributed by atoms with Crippen molar-refractivity contribution in [3.8, 4) is 0 Å². The van der Waals surface area contributed by atoms with Crippen molar-refractivity contribution >= 4 is 11.8 Å². The Balaban J connectivity index is 1.44. The van der Waals surface area contributed by atoms with Gasteiger partial charge in [0.1, 0.15) is 0 Å². The van der Waals surface area contributed by atoms with E-state index < -0.39 is 0 Å². The molecular formula is C23H33N3O2. The Kier molecular flexibility index (Phi) is 7.66. The van der Waals surface area contributed by atoms with Crippen molar-refractivity contribution < 1.29 is 9.59 Å². The zero-order valence-electron chi connectivity index (χ0n) is 16.8. The molecule has 2 saturated heterocycles. The van der Waals surface area contributed by atoms with Gasteiger partial charge < -0.3 is 10.2 Å². The number of likely N-dealkylation sites (tertiary alicyclic amines) is 2. The SMILES string of the molecule is C=CCCC(=O)N1CCC(N2CCCC(C(=O)NCc3ccccc3)C2)CC1. The van der Waals surface area contributed by atoms with Gasteiger partial charge in [-0.15, -0.1) is 6.58 Å². The molecule has 1 unspecified atom stereocenters. The summed E-state index contributed by atoms with van der Waals surface area (Å²) in [5, 5.41) is 3.11. The van der Waals surface area contributed by atoms with Crippen LogP contribution in [0.3, 0.4) is 0 Å². The smallest absolute Gasteiger partial charge is 0.224 e. The maximum atomic E-state index is 12.6. The maximum Gasteiger partial charge on any atom is 0.224 e. The van der Waals surface area contributed by atoms with Crippen LogP contribution in [0.15, 0.2) is 43.0 Å². The summed E-state index contributed by atoms with van der Waals surface area (Å²) in [7, 11) is 0. The van der Waals surface area contributed by atoms with Crippen molar-refractivity contribution in [2.24, 2.45) is 5.92 Å². The third-order valence-electron chi connectivity index (χ3n) is 6.03. The highest BCUT2D eigenvalue weighted by Crippen LogP contribution is 2.24. The molecule has 3 rings (SSSR count). The van der Waals surface area contributed by atoms with Gasteiger partial charge in [0.25, 0.3) is 0 Å². The molecule has 2 aliphatic rings. The molecule has 1 atom stereocenters. The minimum atomic E-state index is 0.0738. The van der Waals surface area contributed by atoms with Crippen LogP contribution < -0.4 is 5.32 Å². The molecule has 5 heteroatoms. The zero-order chi connectivity index (χ0) is 19.8. The molecular weight excluding hydrogens is 350 g/mol. The van der Waals surface area contributed by atoms with Gasteiger partial charge in [0.15, 0.2) is 0 Å². The Morgan fingerprint density at radius 2 is 1.86 bits per heavy atom. The van der Waals surface area contributed by atoms with Crippen LogP contribution in [0.5, 0.6) is 0 Å². The fourth-order valence-electron chi connectivity index (χ4n) is 4.35. The highest BCUT2D eigenvalue weighted by molar-refractivity contribution is 5.79. The summed E-state index contributed by atoms with van der Waals surface area (Å²) in [6, 6.07) is 10.6. The predicted octanol–water partition coefficient (Wildman–Crippen LogP) is 2.97. The molecule has 0 spiro atoms. The monoisotopic (exact) mass is 383 g/mol. The topological polar surface area (TPSA) is 52.7 Å². The number of nitrogens with zero attached hydrogens (tertiary/aromatic N) is 2. The molecule has 5 nitrogen and oxygen atoms in total. The second-order valence-electron chi connectivity index (χ2n) is 7.98. The van der Waals surface area contributed by atoms with Crippen molar-refractivity contribution in [1.29, 1.82) is 0 Å². The Labute approximate surface area is 168 Å². The van der Waals surface area contributed by atoms with E-state index in [0.29, 0.717) is 19.0 Å². The van der Waals surface area contributed by atoms with E-state index in [9.17, 15) is 9.59 Å². The first kappa shape index (κ1) is 20.6. The summed E-state index contributed by atoms with van der Waals surface area (Å²) in [4.78, 5) is 29.3. The molecule has 0 radical (unpaired) electrons. The lowest BCUT2D eigenvalue weighted by Gasteiger charge is -2.42. The predicted molar refractivity (Wildman–Crippen MR) is 112 cm³/mol. The van der Waals surface area contributed by atoms with E-state index in [4.69, 9.17) is 0 Å². The number of hydrogen-bond acceptors (Lipinski definition) is 3. The van der Waals surface area contributed by atoms with E-state index in [1.807, 2.05) is 35.2 Å². The molecule has 152 valence electrons. The first-order chi connectivity index (χ1) is 13.7. The summed E-state index contributed by atoms with van der Waals surface area (Å²) in [6.45, 7) is 7.87. The van der Waals surface area contributed by atoms with Gasteiger partial charge in [-0.1, -0.05) is 36.4 Å². The van der Waals surface area contributed by atoms with Crippen LogP contribution in [0.4, 0.5) is 0 Å². The van der Waals surface area contributed by atoms with Gasteiger partial charge in [0.2, 0.25) is 11.8 Å². The standard InChI is InChI=1S/C23H33N3O2/c1-2-3-11-22(27)25-15-12-21(13-16-25)26-14-7-10-20(18-26)23(28)24-17-19-8-5-4-6-9-19/h2,4-6,8-9,20-21H,1,3,7,10-18H2,(H,24,28). The average Bonchev–Trinajstić information content (AvgIpc) is 2.76. The first-order valence-corrected chi connectivity index (χ1v) is 10.6. The normalized spacial score (nSPS) is 21.3. The number of allylic oxidation sites excluding steroid dienone is 1. The van der Waals surface area contributed by atoms with Crippen LogP contribution in [0.1, 0.15) is 44.1 Å². The first-order valence-electron chi connectivity index (χ1n) is 10.6. The molecule has 28 heavy (non-hydrogen) atoms. The summed E-state index contributed by atoms with van der Waals surface area (Å²) >= 11 is 0. The Bertz CT molecular complexity index is 653. The van der Waals surface area contributed by atoms with Gasteiger partial charge in [-0.25, -0.2) is 0 Å². The van der Waals surface area contributed by atoms with Gasteiger partial charge in [-0.3, -0.25) is 14.5 Å². The molecule has 0 aromatic heterocycles. The molecule has 0 bridgehead atoms. The Morgan fingerprint density at radius 1 is 1.11 bits per heavy atom. The lowest BCUT2D eigenvalue weighted by molar-refractivity contribution is -0.132. The largest absolute Gasteiger partial charge is 0.352 e. The molecule has 2 heterocycles. The lowest BCUT2D eigenvalue weighted by Crippen LogP contribution is -2.51. The van der Waals surface area contributed by atoms with Gasteiger partial charge in [-0.2, -0.15) is 0 Å². The van der Waals surface area contributed by atoms with Crippen LogP contribution in [0, 0.1) is 5.92 Å². The van der Waals surface area contributed by atoms with E-state index in [-0.39, 0.29) is 17.7 Å². The Morgan fingerprint density at radius 3 is 2.57 bits per heavy atom. The lowest BCUT2D eigenvalue weighted by atomic mass is 9.93. The molecule has 2 amide bonds. The van der Waals surface area contributed by atoms with E-state index in [2.05, 4.69) is 16.8 Å². The van der Waals surface area contributed by atoms with Crippen LogP contribution >= 0.6 is 0 Å². The number of piperidine rings is 2. The summed E-state index contributed by atoms with van der Waals surface area (Å²) < 4.78 is 0. The molecule has 2 fully saturated rings. The summed E-state index contributed by atoms with van der Waals surface area (Å²) in [5.74, 6) is 0.491. The van der Waals surface area contributed by atoms with Crippen molar-refractivity contribution in [3.05, 3.63) is 48.6 Å². The van der Waals surface area contributed by atoms with Gasteiger partial charge in [-0.05, 0) is 44.2 Å². The van der Waals surface area contributed by atoms with Crippen LogP contribution in [0.2, 0.25) is 0 Å². The van der Waals surface area contributed by atoms with Crippen molar-refractivity contribution in [1.82, 2.24) is 15.1 Å². The quantitative estimate of drug-likeness (QED) is 0.737. The number of carbonyl (C=O) groups excluding carboxylic acids is 2. The number of amides is 2. The number of carbonyl (C=O) groups is 2. The minimum absolute atomic E-state index is 0.0738. The van der Waals surface area contributed by atoms with Crippen molar-refractivity contribution in [2.45, 2.75) is 51.1 Å². The van der Waals surface area contributed by atoms with E-state index in [1.54, 1.807) is 6.08 Å². The summed E-state index contributed by atoms with van der Waals surface area (Å²) in [6.07, 6.45) is 7.20. The van der Waals surface area contributed by atoms with Crippen LogP contribution in [0.25, 0.3) is 0 Å². The maximum absolute atomic E-state index is 12.6. The number of hydrogen-bond donors (Lipinski definition) is 1. The highest BCUT2D eigenvalue weighted by atomic mass is 16.2. The molecule has 2 aliphatic heterocycles. The van der Waals surface area contributed by atoms with Crippen LogP contribution in [-0.2, 0) is 16.1 Å². The molecule has 1 aromatic carbocycles. The second-order valence-corrected chi connectivity index (χ2v) is 7.98. The highest BCUT2D eigenvalue weighted by Gasteiger charge is 2.32. The van der Waals surface area contributed by atoms with Crippen LogP contribution in [-0.4, -0.2) is 53.8 Å². The van der Waals surface area contributed by atoms with Gasteiger partial charge in [0.05, 0.1) is 5.92 Å². The molecule has 1 aromatic rings. The number of benzene rings is 1. The summed E-state index contributed by atoms with van der Waals surface area (Å²) in [5.41, 5.74) is 1.14. The number of rotatable bonds is 7. The zero-order valence-corrected chi connectivity index (χ0v) is 16.8. The number of nitrogens with one attached hydrogen (secondary N) is 1. The second kappa shape index (κ2) is 10.4. The van der Waals surface area contributed by atoms with E-state index in [0.717, 1.165) is 63.8 Å². The molecule has 0 aliphatic carbocycles. The van der Waals surface area contributed by atoms with Gasteiger partial charge in [0, 0.05) is 38.6 Å². The van der Waals surface area contributed by atoms with E-state index in [1.165, 1.54) is 0 Å². The third kappa shape index (κ3) is 5.68. The Hall–Kier alpha value is -2.14. The molecule has 1 N–H and O–H groups in total. The molecule has 0 saturated carbocycles. The fraction of sp³-hybridized carbons (Fsp3) is 0.565. The van der Waals surface area contributed by atoms with E-state index >= 15 is 0 Å². The van der Waals surface area contributed by atoms with Gasteiger partial charge >= 0.3 is 0 Å².